The first kappa shape index (κ1) is 20.0. The van der Waals surface area contributed by atoms with Crippen LogP contribution in [0.25, 0.3) is 22.3 Å². The number of aromatic nitrogens is 4. The van der Waals surface area contributed by atoms with Gasteiger partial charge in [-0.15, -0.1) is 0 Å². The zero-order valence-electron chi connectivity index (χ0n) is 16.8. The third kappa shape index (κ3) is 3.81. The molecule has 0 spiro atoms. The molecule has 1 aromatic carbocycles. The molecule has 4 rings (SSSR count). The number of hydrogen-bond acceptors (Lipinski definition) is 5. The number of hydrogen-bond donors (Lipinski definition) is 2. The van der Waals surface area contributed by atoms with Gasteiger partial charge in [0.25, 0.3) is 0 Å². The Hall–Kier alpha value is -2.25. The fourth-order valence-electron chi connectivity index (χ4n) is 4.19. The summed E-state index contributed by atoms with van der Waals surface area (Å²) in [5.74, 6) is 0.961. The molecule has 1 saturated carbocycles. The number of nitrogens with one attached hydrogen (secondary N) is 1. The van der Waals surface area contributed by atoms with Gasteiger partial charge in [-0.25, -0.2) is 19.3 Å². The van der Waals surface area contributed by atoms with E-state index < -0.39 is 5.82 Å². The van der Waals surface area contributed by atoms with Crippen LogP contribution in [0.1, 0.15) is 45.0 Å². The van der Waals surface area contributed by atoms with Gasteiger partial charge >= 0.3 is 0 Å². The summed E-state index contributed by atoms with van der Waals surface area (Å²) in [7, 11) is 0. The van der Waals surface area contributed by atoms with E-state index in [2.05, 4.69) is 20.3 Å². The van der Waals surface area contributed by atoms with Gasteiger partial charge in [-0.1, -0.05) is 18.0 Å². The summed E-state index contributed by atoms with van der Waals surface area (Å²) in [5, 5.41) is 13.5. The molecule has 3 aromatic rings. The molecule has 1 aliphatic rings. The quantitative estimate of drug-likeness (QED) is 0.626. The average Bonchev–Trinajstić information content (AvgIpc) is 3.23. The highest BCUT2D eigenvalue weighted by Crippen LogP contribution is 2.32. The molecule has 154 valence electrons. The lowest BCUT2D eigenvalue weighted by Crippen LogP contribution is -2.22. The SMILES string of the molecule is Cc1nc2c(F)cc(-c3nc(NC[C@H]4CCC[C@H]4O)ncc3Cl)cc2n1C(C)C. The van der Waals surface area contributed by atoms with Crippen molar-refractivity contribution in [1.29, 1.82) is 0 Å². The molecule has 2 atom stereocenters. The van der Waals surface area contributed by atoms with Crippen molar-refractivity contribution in [2.24, 2.45) is 5.92 Å². The summed E-state index contributed by atoms with van der Waals surface area (Å²) in [6.07, 6.45) is 4.08. The Kier molecular flexibility index (Phi) is 5.44. The zero-order valence-corrected chi connectivity index (χ0v) is 17.5. The van der Waals surface area contributed by atoms with Crippen molar-refractivity contribution in [3.05, 3.63) is 35.0 Å². The number of fused-ring (bicyclic) bond motifs is 1. The number of imidazole rings is 1. The predicted octanol–water partition coefficient (Wildman–Crippen LogP) is 4.75. The van der Waals surface area contributed by atoms with Crippen LogP contribution in [0.3, 0.4) is 0 Å². The van der Waals surface area contributed by atoms with Gasteiger partial charge in [-0.2, -0.15) is 0 Å². The molecule has 0 unspecified atom stereocenters. The minimum absolute atomic E-state index is 0.144. The largest absolute Gasteiger partial charge is 0.393 e. The van der Waals surface area contributed by atoms with Crippen LogP contribution in [-0.4, -0.2) is 37.3 Å². The van der Waals surface area contributed by atoms with Gasteiger partial charge in [0.15, 0.2) is 5.82 Å². The van der Waals surface area contributed by atoms with Crippen LogP contribution in [-0.2, 0) is 0 Å². The molecule has 2 N–H and O–H groups in total. The number of aliphatic hydroxyl groups is 1. The van der Waals surface area contributed by atoms with Gasteiger partial charge in [0, 0.05) is 24.1 Å². The first-order valence-electron chi connectivity index (χ1n) is 9.98. The Morgan fingerprint density at radius 1 is 1.31 bits per heavy atom. The third-order valence-corrected chi connectivity index (χ3v) is 5.88. The number of halogens is 2. The van der Waals surface area contributed by atoms with Crippen LogP contribution >= 0.6 is 11.6 Å². The number of aryl methyl sites for hydroxylation is 1. The Balaban J connectivity index is 1.70. The normalized spacial score (nSPS) is 19.4. The van der Waals surface area contributed by atoms with Crippen LogP contribution in [0.5, 0.6) is 0 Å². The summed E-state index contributed by atoms with van der Waals surface area (Å²) < 4.78 is 16.8. The van der Waals surface area contributed by atoms with Gasteiger partial charge in [-0.3, -0.25) is 0 Å². The molecular weight excluding hydrogens is 393 g/mol. The maximum absolute atomic E-state index is 14.8. The van der Waals surface area contributed by atoms with E-state index in [-0.39, 0.29) is 18.1 Å². The van der Waals surface area contributed by atoms with E-state index in [1.165, 1.54) is 12.3 Å². The highest BCUT2D eigenvalue weighted by molar-refractivity contribution is 6.33. The van der Waals surface area contributed by atoms with Crippen molar-refractivity contribution in [3.63, 3.8) is 0 Å². The molecule has 0 radical (unpaired) electrons. The van der Waals surface area contributed by atoms with Crippen molar-refractivity contribution in [1.82, 2.24) is 19.5 Å². The number of nitrogens with zero attached hydrogens (tertiary/aromatic N) is 4. The molecule has 8 heteroatoms. The van der Waals surface area contributed by atoms with Gasteiger partial charge in [0.05, 0.1) is 28.5 Å². The Morgan fingerprint density at radius 2 is 2.10 bits per heavy atom. The molecule has 0 bridgehead atoms. The standard InChI is InChI=1S/C21H25ClFN5O/c1-11(2)28-12(3)26-20-16(23)7-14(8-17(20)28)19-15(22)10-25-21(27-19)24-9-13-5-4-6-18(13)29/h7-8,10-11,13,18,29H,4-6,9H2,1-3H3,(H,24,25,27)/t13-,18-/m1/s1. The number of anilines is 1. The topological polar surface area (TPSA) is 75.9 Å². The van der Waals surface area contributed by atoms with Crippen molar-refractivity contribution in [2.75, 3.05) is 11.9 Å². The van der Waals surface area contributed by atoms with E-state index in [1.54, 1.807) is 0 Å². The smallest absolute Gasteiger partial charge is 0.223 e. The van der Waals surface area contributed by atoms with Crippen molar-refractivity contribution >= 4 is 28.6 Å². The average molecular weight is 418 g/mol. The fourth-order valence-corrected chi connectivity index (χ4v) is 4.39. The molecule has 6 nitrogen and oxygen atoms in total. The lowest BCUT2D eigenvalue weighted by atomic mass is 10.1. The maximum atomic E-state index is 14.8. The molecule has 1 aliphatic carbocycles. The van der Waals surface area contributed by atoms with Crippen molar-refractivity contribution < 1.29 is 9.50 Å². The summed E-state index contributed by atoms with van der Waals surface area (Å²) in [6, 6.07) is 3.43. The highest BCUT2D eigenvalue weighted by Gasteiger charge is 2.25. The number of aliphatic hydroxyl groups excluding tert-OH is 1. The molecular formula is C21H25ClFN5O. The van der Waals surface area contributed by atoms with E-state index in [0.29, 0.717) is 39.8 Å². The molecule has 2 aromatic heterocycles. The van der Waals surface area contributed by atoms with Crippen molar-refractivity contribution in [3.8, 4) is 11.3 Å². The molecule has 0 aliphatic heterocycles. The van der Waals surface area contributed by atoms with Gasteiger partial charge in [0.1, 0.15) is 11.3 Å². The summed E-state index contributed by atoms with van der Waals surface area (Å²) in [5.41, 5.74) is 2.10. The molecule has 0 saturated heterocycles. The van der Waals surface area contributed by atoms with Crippen LogP contribution < -0.4 is 5.32 Å². The van der Waals surface area contributed by atoms with Crippen molar-refractivity contribution in [2.45, 2.75) is 52.2 Å². The monoisotopic (exact) mass is 417 g/mol. The second kappa shape index (κ2) is 7.88. The minimum Gasteiger partial charge on any atom is -0.393 e. The second-order valence-electron chi connectivity index (χ2n) is 7.98. The van der Waals surface area contributed by atoms with Gasteiger partial charge in [-0.05, 0) is 45.7 Å². The Bertz CT molecular complexity index is 1050. The van der Waals surface area contributed by atoms with Gasteiger partial charge < -0.3 is 15.0 Å². The summed E-state index contributed by atoms with van der Waals surface area (Å²) >= 11 is 6.35. The zero-order chi connectivity index (χ0) is 20.7. The van der Waals surface area contributed by atoms with E-state index in [0.717, 1.165) is 25.1 Å². The minimum atomic E-state index is -0.404. The summed E-state index contributed by atoms with van der Waals surface area (Å²) in [6.45, 7) is 6.54. The summed E-state index contributed by atoms with van der Waals surface area (Å²) in [4.78, 5) is 13.1. The van der Waals surface area contributed by atoms with E-state index in [1.807, 2.05) is 31.4 Å². The maximum Gasteiger partial charge on any atom is 0.223 e. The van der Waals surface area contributed by atoms with Crippen LogP contribution in [0.2, 0.25) is 5.02 Å². The molecule has 29 heavy (non-hydrogen) atoms. The molecule has 0 amide bonds. The van der Waals surface area contributed by atoms with Gasteiger partial charge in [0.2, 0.25) is 5.95 Å². The van der Waals surface area contributed by atoms with E-state index >= 15 is 0 Å². The predicted molar refractivity (Wildman–Crippen MR) is 113 cm³/mol. The first-order valence-corrected chi connectivity index (χ1v) is 10.4. The lowest BCUT2D eigenvalue weighted by molar-refractivity contribution is 0.138. The third-order valence-electron chi connectivity index (χ3n) is 5.60. The van der Waals surface area contributed by atoms with E-state index in [4.69, 9.17) is 11.6 Å². The molecule has 2 heterocycles. The van der Waals surface area contributed by atoms with Crippen LogP contribution in [0.4, 0.5) is 10.3 Å². The fraction of sp³-hybridized carbons (Fsp3) is 0.476. The highest BCUT2D eigenvalue weighted by atomic mass is 35.5. The first-order chi connectivity index (χ1) is 13.8. The van der Waals surface area contributed by atoms with E-state index in [9.17, 15) is 9.50 Å². The lowest BCUT2D eigenvalue weighted by Gasteiger charge is -2.15. The number of rotatable bonds is 5. The van der Waals surface area contributed by atoms with Crippen LogP contribution in [0.15, 0.2) is 18.3 Å². The number of benzene rings is 1. The molecule has 1 fully saturated rings. The second-order valence-corrected chi connectivity index (χ2v) is 8.39. The Morgan fingerprint density at radius 3 is 2.79 bits per heavy atom. The van der Waals surface area contributed by atoms with Crippen LogP contribution in [0, 0.1) is 18.7 Å². The Labute approximate surface area is 174 Å².